The van der Waals surface area contributed by atoms with E-state index in [0.29, 0.717) is 19.8 Å². The third kappa shape index (κ3) is 5.80. The molecule has 18 heavy (non-hydrogen) atoms. The van der Waals surface area contributed by atoms with Gasteiger partial charge in [-0.25, -0.2) is 0 Å². The summed E-state index contributed by atoms with van der Waals surface area (Å²) in [6.45, 7) is 5.26. The van der Waals surface area contributed by atoms with Gasteiger partial charge in [0.05, 0.1) is 25.9 Å². The second-order valence-electron chi connectivity index (χ2n) is 4.75. The highest BCUT2D eigenvalue weighted by atomic mass is 16.5. The first kappa shape index (κ1) is 15.4. The summed E-state index contributed by atoms with van der Waals surface area (Å²) >= 11 is 0. The van der Waals surface area contributed by atoms with Crippen molar-refractivity contribution in [1.29, 1.82) is 0 Å². The van der Waals surface area contributed by atoms with Gasteiger partial charge < -0.3 is 20.1 Å². The third-order valence-corrected chi connectivity index (χ3v) is 3.22. The Hall–Kier alpha value is -0.650. The van der Waals surface area contributed by atoms with E-state index in [1.54, 1.807) is 0 Å². The van der Waals surface area contributed by atoms with E-state index in [1.807, 2.05) is 11.8 Å². The summed E-state index contributed by atoms with van der Waals surface area (Å²) in [5.41, 5.74) is 0. The van der Waals surface area contributed by atoms with E-state index in [9.17, 15) is 4.79 Å². The molecule has 1 heterocycles. The minimum absolute atomic E-state index is 0.0439. The van der Waals surface area contributed by atoms with E-state index in [1.165, 1.54) is 12.8 Å². The maximum Gasteiger partial charge on any atom is 0.239 e. The van der Waals surface area contributed by atoms with Gasteiger partial charge in [0.15, 0.2) is 0 Å². The molecule has 1 unspecified atom stereocenters. The van der Waals surface area contributed by atoms with Gasteiger partial charge in [-0.15, -0.1) is 0 Å². The molecule has 0 spiro atoms. The number of rotatable bonds is 7. The molecule has 1 aliphatic heterocycles. The highest BCUT2D eigenvalue weighted by molar-refractivity contribution is 5.81. The van der Waals surface area contributed by atoms with Crippen LogP contribution in [0.2, 0.25) is 0 Å². The van der Waals surface area contributed by atoms with Crippen LogP contribution in [0, 0.1) is 0 Å². The molecule has 1 atom stereocenters. The Balaban J connectivity index is 2.18. The van der Waals surface area contributed by atoms with Crippen molar-refractivity contribution < 1.29 is 14.6 Å². The molecule has 2 N–H and O–H groups in total. The standard InChI is InChI=1S/C13H26N2O3/c1-12(14-6-10-18-11-9-16)13(17)15-7-4-2-3-5-8-15/h12,14,16H,2-11H2,1H3. The monoisotopic (exact) mass is 258 g/mol. The smallest absolute Gasteiger partial charge is 0.239 e. The second-order valence-corrected chi connectivity index (χ2v) is 4.75. The van der Waals surface area contributed by atoms with Crippen molar-refractivity contribution in [2.75, 3.05) is 39.5 Å². The fraction of sp³-hybridized carbons (Fsp3) is 0.923. The van der Waals surface area contributed by atoms with E-state index < -0.39 is 0 Å². The molecule has 1 rings (SSSR count). The van der Waals surface area contributed by atoms with Crippen LogP contribution in [0.4, 0.5) is 0 Å². The molecule has 1 aliphatic rings. The van der Waals surface area contributed by atoms with Crippen molar-refractivity contribution in [2.24, 2.45) is 0 Å². The van der Waals surface area contributed by atoms with Crippen LogP contribution in [-0.4, -0.2) is 61.4 Å². The van der Waals surface area contributed by atoms with Gasteiger partial charge in [0.25, 0.3) is 0 Å². The van der Waals surface area contributed by atoms with Crippen molar-refractivity contribution in [2.45, 2.75) is 38.6 Å². The van der Waals surface area contributed by atoms with Crippen LogP contribution in [0.3, 0.4) is 0 Å². The summed E-state index contributed by atoms with van der Waals surface area (Å²) in [5.74, 6) is 0.194. The molecule has 5 nitrogen and oxygen atoms in total. The maximum absolute atomic E-state index is 12.2. The van der Waals surface area contributed by atoms with Gasteiger partial charge in [0, 0.05) is 19.6 Å². The molecule has 0 aromatic heterocycles. The van der Waals surface area contributed by atoms with Crippen LogP contribution in [0.1, 0.15) is 32.6 Å². The number of amides is 1. The van der Waals surface area contributed by atoms with Crippen molar-refractivity contribution in [3.8, 4) is 0 Å². The molecule has 1 amide bonds. The van der Waals surface area contributed by atoms with Gasteiger partial charge in [-0.1, -0.05) is 12.8 Å². The van der Waals surface area contributed by atoms with Crippen molar-refractivity contribution in [3.05, 3.63) is 0 Å². The third-order valence-electron chi connectivity index (χ3n) is 3.22. The van der Waals surface area contributed by atoms with Crippen LogP contribution < -0.4 is 5.32 Å². The molecule has 0 aromatic rings. The maximum atomic E-state index is 12.2. The number of hydrogen-bond donors (Lipinski definition) is 2. The van der Waals surface area contributed by atoms with E-state index in [2.05, 4.69) is 5.32 Å². The van der Waals surface area contributed by atoms with Gasteiger partial charge >= 0.3 is 0 Å². The van der Waals surface area contributed by atoms with Crippen LogP contribution >= 0.6 is 0 Å². The highest BCUT2D eigenvalue weighted by Crippen LogP contribution is 2.10. The average Bonchev–Trinajstić information content (AvgIpc) is 2.66. The van der Waals surface area contributed by atoms with E-state index in [4.69, 9.17) is 9.84 Å². The Morgan fingerprint density at radius 1 is 1.28 bits per heavy atom. The Morgan fingerprint density at radius 3 is 2.56 bits per heavy atom. The summed E-state index contributed by atoms with van der Waals surface area (Å²) in [7, 11) is 0. The lowest BCUT2D eigenvalue weighted by Crippen LogP contribution is -2.46. The molecule has 1 saturated heterocycles. The quantitative estimate of drug-likeness (QED) is 0.648. The lowest BCUT2D eigenvalue weighted by atomic mass is 10.2. The number of aliphatic hydroxyl groups excluding tert-OH is 1. The Morgan fingerprint density at radius 2 is 1.94 bits per heavy atom. The Bertz CT molecular complexity index is 228. The number of aliphatic hydroxyl groups is 1. The minimum atomic E-state index is -0.152. The number of hydrogen-bond acceptors (Lipinski definition) is 4. The molecule has 106 valence electrons. The average molecular weight is 258 g/mol. The number of carbonyl (C=O) groups excluding carboxylic acids is 1. The van der Waals surface area contributed by atoms with Crippen LogP contribution in [0.25, 0.3) is 0 Å². The van der Waals surface area contributed by atoms with Gasteiger partial charge in [-0.3, -0.25) is 4.79 Å². The zero-order valence-corrected chi connectivity index (χ0v) is 11.4. The lowest BCUT2D eigenvalue weighted by Gasteiger charge is -2.24. The summed E-state index contributed by atoms with van der Waals surface area (Å²) in [5, 5.41) is 11.7. The van der Waals surface area contributed by atoms with E-state index in [0.717, 1.165) is 25.9 Å². The highest BCUT2D eigenvalue weighted by Gasteiger charge is 2.20. The Kier molecular flexibility index (Phi) is 7.96. The van der Waals surface area contributed by atoms with E-state index >= 15 is 0 Å². The zero-order chi connectivity index (χ0) is 13.2. The lowest BCUT2D eigenvalue weighted by molar-refractivity contribution is -0.133. The SMILES string of the molecule is CC(NCCOCCO)C(=O)N1CCCCCC1. The normalized spacial score (nSPS) is 18.4. The van der Waals surface area contributed by atoms with E-state index in [-0.39, 0.29) is 18.6 Å². The molecule has 5 heteroatoms. The summed E-state index contributed by atoms with van der Waals surface area (Å²) in [6.07, 6.45) is 4.72. The number of nitrogens with zero attached hydrogens (tertiary/aromatic N) is 1. The van der Waals surface area contributed by atoms with Gasteiger partial charge in [0.1, 0.15) is 0 Å². The van der Waals surface area contributed by atoms with Crippen molar-refractivity contribution in [3.63, 3.8) is 0 Å². The molecule has 0 saturated carbocycles. The molecular weight excluding hydrogens is 232 g/mol. The molecular formula is C13H26N2O3. The predicted molar refractivity (Wildman–Crippen MR) is 70.4 cm³/mol. The van der Waals surface area contributed by atoms with Crippen LogP contribution in [0.5, 0.6) is 0 Å². The summed E-state index contributed by atoms with van der Waals surface area (Å²) in [6, 6.07) is -0.152. The van der Waals surface area contributed by atoms with Crippen LogP contribution in [0.15, 0.2) is 0 Å². The van der Waals surface area contributed by atoms with Gasteiger partial charge in [0.2, 0.25) is 5.91 Å². The molecule has 0 aliphatic carbocycles. The summed E-state index contributed by atoms with van der Waals surface area (Å²) in [4.78, 5) is 14.1. The Labute approximate surface area is 109 Å². The number of likely N-dealkylation sites (tertiary alicyclic amines) is 1. The molecule has 0 aromatic carbocycles. The molecule has 1 fully saturated rings. The zero-order valence-electron chi connectivity index (χ0n) is 11.4. The fourth-order valence-corrected chi connectivity index (χ4v) is 2.17. The predicted octanol–water partition coefficient (Wildman–Crippen LogP) is 0.376. The first-order valence-electron chi connectivity index (χ1n) is 6.96. The largest absolute Gasteiger partial charge is 0.394 e. The van der Waals surface area contributed by atoms with Gasteiger partial charge in [-0.05, 0) is 19.8 Å². The number of ether oxygens (including phenoxy) is 1. The molecule has 0 bridgehead atoms. The second kappa shape index (κ2) is 9.30. The fourth-order valence-electron chi connectivity index (χ4n) is 2.17. The van der Waals surface area contributed by atoms with Gasteiger partial charge in [-0.2, -0.15) is 0 Å². The number of carbonyl (C=O) groups is 1. The minimum Gasteiger partial charge on any atom is -0.394 e. The topological polar surface area (TPSA) is 61.8 Å². The van der Waals surface area contributed by atoms with Crippen LogP contribution in [-0.2, 0) is 9.53 Å². The van der Waals surface area contributed by atoms with Crippen molar-refractivity contribution >= 4 is 5.91 Å². The first-order valence-corrected chi connectivity index (χ1v) is 6.96. The van der Waals surface area contributed by atoms with Crippen molar-refractivity contribution in [1.82, 2.24) is 10.2 Å². The molecule has 0 radical (unpaired) electrons. The summed E-state index contributed by atoms with van der Waals surface area (Å²) < 4.78 is 5.14. The first-order chi connectivity index (χ1) is 8.75. The number of nitrogens with one attached hydrogen (secondary N) is 1.